The standard InChI is InChI=1S/C15H20O3/c1-17-10-15(16,11-2-3-11)12-4-6-13(7-5-12)18-14-8-9-14/h4-7,11,14,16H,2-3,8-10H2,1H3. The monoisotopic (exact) mass is 248 g/mol. The topological polar surface area (TPSA) is 38.7 Å². The molecule has 2 aliphatic carbocycles. The zero-order valence-electron chi connectivity index (χ0n) is 10.8. The average molecular weight is 248 g/mol. The molecule has 0 amide bonds. The van der Waals surface area contributed by atoms with Crippen LogP contribution in [-0.4, -0.2) is 24.9 Å². The van der Waals surface area contributed by atoms with Crippen molar-refractivity contribution in [2.24, 2.45) is 5.92 Å². The predicted molar refractivity (Wildman–Crippen MR) is 68.6 cm³/mol. The van der Waals surface area contributed by atoms with Crippen LogP contribution in [0.4, 0.5) is 0 Å². The van der Waals surface area contributed by atoms with Crippen LogP contribution >= 0.6 is 0 Å². The van der Waals surface area contributed by atoms with Crippen LogP contribution in [0, 0.1) is 5.92 Å². The van der Waals surface area contributed by atoms with E-state index in [1.807, 2.05) is 24.3 Å². The van der Waals surface area contributed by atoms with Gasteiger partial charge in [-0.1, -0.05) is 12.1 Å². The molecule has 3 nitrogen and oxygen atoms in total. The fraction of sp³-hybridized carbons (Fsp3) is 0.600. The Hall–Kier alpha value is -1.06. The first-order chi connectivity index (χ1) is 8.72. The molecule has 0 heterocycles. The highest BCUT2D eigenvalue weighted by molar-refractivity contribution is 5.32. The summed E-state index contributed by atoms with van der Waals surface area (Å²) >= 11 is 0. The van der Waals surface area contributed by atoms with E-state index in [0.29, 0.717) is 18.6 Å². The highest BCUT2D eigenvalue weighted by atomic mass is 16.5. The van der Waals surface area contributed by atoms with Crippen LogP contribution in [0.15, 0.2) is 24.3 Å². The largest absolute Gasteiger partial charge is 0.490 e. The third-order valence-electron chi connectivity index (χ3n) is 3.80. The molecule has 2 fully saturated rings. The molecular weight excluding hydrogens is 228 g/mol. The molecule has 0 radical (unpaired) electrons. The minimum absolute atomic E-state index is 0.340. The van der Waals surface area contributed by atoms with Gasteiger partial charge < -0.3 is 14.6 Å². The fourth-order valence-corrected chi connectivity index (χ4v) is 2.42. The second-order valence-corrected chi connectivity index (χ2v) is 5.47. The summed E-state index contributed by atoms with van der Waals surface area (Å²) in [5.41, 5.74) is 0.113. The number of hydrogen-bond acceptors (Lipinski definition) is 3. The maximum absolute atomic E-state index is 10.7. The highest BCUT2D eigenvalue weighted by Gasteiger charge is 2.45. The zero-order valence-corrected chi connectivity index (χ0v) is 10.8. The SMILES string of the molecule is COCC(O)(c1ccc(OC2CC2)cc1)C1CC1. The maximum Gasteiger partial charge on any atom is 0.119 e. The Morgan fingerprint density at radius 3 is 2.33 bits per heavy atom. The molecule has 2 aliphatic rings. The lowest BCUT2D eigenvalue weighted by Crippen LogP contribution is -2.33. The van der Waals surface area contributed by atoms with Gasteiger partial charge in [0.05, 0.1) is 12.7 Å². The van der Waals surface area contributed by atoms with E-state index in [2.05, 4.69) is 0 Å². The van der Waals surface area contributed by atoms with Crippen LogP contribution in [0.5, 0.6) is 5.75 Å². The second-order valence-electron chi connectivity index (χ2n) is 5.47. The molecule has 18 heavy (non-hydrogen) atoms. The summed E-state index contributed by atoms with van der Waals surface area (Å²) in [4.78, 5) is 0. The molecule has 0 aromatic heterocycles. The van der Waals surface area contributed by atoms with E-state index in [1.165, 1.54) is 0 Å². The third-order valence-corrected chi connectivity index (χ3v) is 3.80. The first-order valence-corrected chi connectivity index (χ1v) is 6.71. The number of methoxy groups -OCH3 is 1. The van der Waals surface area contributed by atoms with Crippen LogP contribution in [0.25, 0.3) is 0 Å². The quantitative estimate of drug-likeness (QED) is 0.840. The first kappa shape index (κ1) is 12.0. The van der Waals surface area contributed by atoms with Crippen molar-refractivity contribution in [1.82, 2.24) is 0 Å². The van der Waals surface area contributed by atoms with Crippen molar-refractivity contribution >= 4 is 0 Å². The fourth-order valence-electron chi connectivity index (χ4n) is 2.42. The van der Waals surface area contributed by atoms with Crippen molar-refractivity contribution in [1.29, 1.82) is 0 Å². The molecule has 1 N–H and O–H groups in total. The molecule has 98 valence electrons. The van der Waals surface area contributed by atoms with Gasteiger partial charge in [0.25, 0.3) is 0 Å². The van der Waals surface area contributed by atoms with Gasteiger partial charge in [-0.3, -0.25) is 0 Å². The van der Waals surface area contributed by atoms with Crippen LogP contribution in [0.2, 0.25) is 0 Å². The van der Waals surface area contributed by atoms with E-state index in [0.717, 1.165) is 37.0 Å². The molecule has 2 saturated carbocycles. The minimum Gasteiger partial charge on any atom is -0.490 e. The molecule has 1 aromatic carbocycles. The molecular formula is C15H20O3. The van der Waals surface area contributed by atoms with E-state index in [9.17, 15) is 5.11 Å². The van der Waals surface area contributed by atoms with Crippen molar-refractivity contribution in [2.75, 3.05) is 13.7 Å². The molecule has 1 unspecified atom stereocenters. The van der Waals surface area contributed by atoms with Gasteiger partial charge in [-0.05, 0) is 49.3 Å². The van der Waals surface area contributed by atoms with Gasteiger partial charge in [-0.2, -0.15) is 0 Å². The van der Waals surface area contributed by atoms with Gasteiger partial charge >= 0.3 is 0 Å². The Balaban J connectivity index is 1.76. The van der Waals surface area contributed by atoms with E-state index in [-0.39, 0.29) is 0 Å². The lowest BCUT2D eigenvalue weighted by Gasteiger charge is -2.28. The Labute approximate surface area is 108 Å². The van der Waals surface area contributed by atoms with Crippen LogP contribution in [0.3, 0.4) is 0 Å². The van der Waals surface area contributed by atoms with Crippen molar-refractivity contribution in [3.63, 3.8) is 0 Å². The van der Waals surface area contributed by atoms with Crippen molar-refractivity contribution in [3.8, 4) is 5.75 Å². The van der Waals surface area contributed by atoms with E-state index < -0.39 is 5.60 Å². The van der Waals surface area contributed by atoms with Crippen molar-refractivity contribution < 1.29 is 14.6 Å². The number of ether oxygens (including phenoxy) is 2. The Bertz CT molecular complexity index is 406. The summed E-state index contributed by atoms with van der Waals surface area (Å²) in [6, 6.07) is 7.84. The smallest absolute Gasteiger partial charge is 0.119 e. The lowest BCUT2D eigenvalue weighted by atomic mass is 9.89. The van der Waals surface area contributed by atoms with E-state index in [4.69, 9.17) is 9.47 Å². The lowest BCUT2D eigenvalue weighted by molar-refractivity contribution is -0.0532. The molecule has 0 aliphatic heterocycles. The summed E-state index contributed by atoms with van der Waals surface area (Å²) < 4.78 is 10.9. The van der Waals surface area contributed by atoms with Gasteiger partial charge in [0.2, 0.25) is 0 Å². The van der Waals surface area contributed by atoms with Gasteiger partial charge in [-0.15, -0.1) is 0 Å². The summed E-state index contributed by atoms with van der Waals surface area (Å²) in [6.45, 7) is 0.362. The summed E-state index contributed by atoms with van der Waals surface area (Å²) in [5, 5.41) is 10.7. The van der Waals surface area contributed by atoms with Crippen LogP contribution < -0.4 is 4.74 Å². The summed E-state index contributed by atoms with van der Waals surface area (Å²) in [5.74, 6) is 1.24. The number of hydrogen-bond donors (Lipinski definition) is 1. The summed E-state index contributed by atoms with van der Waals surface area (Å²) in [7, 11) is 1.64. The first-order valence-electron chi connectivity index (χ1n) is 6.71. The maximum atomic E-state index is 10.7. The average Bonchev–Trinajstić information content (AvgIpc) is 3.24. The van der Waals surface area contributed by atoms with Crippen molar-refractivity contribution in [2.45, 2.75) is 37.4 Å². The molecule has 3 rings (SSSR count). The van der Waals surface area contributed by atoms with Gasteiger partial charge in [-0.25, -0.2) is 0 Å². The number of benzene rings is 1. The molecule has 1 aromatic rings. The predicted octanol–water partition coefficient (Wildman–Crippen LogP) is 2.47. The molecule has 0 bridgehead atoms. The molecule has 3 heteroatoms. The van der Waals surface area contributed by atoms with Crippen LogP contribution in [-0.2, 0) is 10.3 Å². The van der Waals surface area contributed by atoms with Crippen LogP contribution in [0.1, 0.15) is 31.2 Å². The van der Waals surface area contributed by atoms with Gasteiger partial charge in [0, 0.05) is 7.11 Å². The normalized spacial score (nSPS) is 22.6. The Morgan fingerprint density at radius 2 is 1.83 bits per heavy atom. The van der Waals surface area contributed by atoms with Crippen molar-refractivity contribution in [3.05, 3.63) is 29.8 Å². The van der Waals surface area contributed by atoms with E-state index in [1.54, 1.807) is 7.11 Å². The minimum atomic E-state index is -0.827. The molecule has 0 spiro atoms. The molecule has 1 atom stereocenters. The number of aliphatic hydroxyl groups is 1. The zero-order chi connectivity index (χ0) is 12.6. The number of rotatable bonds is 6. The third kappa shape index (κ3) is 2.38. The van der Waals surface area contributed by atoms with Gasteiger partial charge in [0.15, 0.2) is 0 Å². The van der Waals surface area contributed by atoms with E-state index >= 15 is 0 Å². The second kappa shape index (κ2) is 4.56. The molecule has 0 saturated heterocycles. The Kier molecular flexibility index (Phi) is 3.04. The highest BCUT2D eigenvalue weighted by Crippen LogP contribution is 2.46. The Morgan fingerprint density at radius 1 is 1.17 bits per heavy atom. The summed E-state index contributed by atoms with van der Waals surface area (Å²) in [6.07, 6.45) is 4.91. The van der Waals surface area contributed by atoms with Gasteiger partial charge in [0.1, 0.15) is 11.4 Å².